The van der Waals surface area contributed by atoms with E-state index in [0.717, 1.165) is 29.8 Å². The van der Waals surface area contributed by atoms with Crippen molar-refractivity contribution in [2.75, 3.05) is 6.54 Å². The number of rotatable bonds is 12. The Hall–Kier alpha value is -2.96. The second-order valence-corrected chi connectivity index (χ2v) is 8.43. The molecule has 0 amide bonds. The Morgan fingerprint density at radius 1 is 1.15 bits per heavy atom. The zero-order valence-electron chi connectivity index (χ0n) is 19.7. The molecule has 0 spiro atoms. The van der Waals surface area contributed by atoms with Crippen molar-refractivity contribution < 1.29 is 14.2 Å². The van der Waals surface area contributed by atoms with E-state index in [1.54, 1.807) is 16.8 Å². The van der Waals surface area contributed by atoms with Crippen molar-refractivity contribution in [3.05, 3.63) is 84.3 Å². The van der Waals surface area contributed by atoms with Crippen LogP contribution in [0.5, 0.6) is 11.6 Å². The summed E-state index contributed by atoms with van der Waals surface area (Å²) in [7, 11) is 0. The number of benzene rings is 2. The van der Waals surface area contributed by atoms with Crippen molar-refractivity contribution in [1.82, 2.24) is 14.7 Å². The molecule has 5 nitrogen and oxygen atoms in total. The third kappa shape index (κ3) is 6.53. The first-order valence-corrected chi connectivity index (χ1v) is 11.6. The maximum atomic E-state index is 13.6. The molecule has 0 fully saturated rings. The number of hydrogen-bond acceptors (Lipinski definition) is 4. The first kappa shape index (κ1) is 24.7. The third-order valence-electron chi connectivity index (χ3n) is 5.62. The maximum Gasteiger partial charge on any atom is 0.227 e. The number of aromatic nitrogens is 2. The largest absolute Gasteiger partial charge is 0.439 e. The van der Waals surface area contributed by atoms with Crippen molar-refractivity contribution in [3.8, 4) is 17.3 Å². The van der Waals surface area contributed by atoms with Gasteiger partial charge in [0.1, 0.15) is 11.6 Å². The molecule has 0 aliphatic carbocycles. The number of nitrogens with zero attached hydrogens (tertiary/aromatic N) is 3. The summed E-state index contributed by atoms with van der Waals surface area (Å²) in [6, 6.07) is 16.0. The highest BCUT2D eigenvalue weighted by atomic mass is 19.1. The van der Waals surface area contributed by atoms with Gasteiger partial charge in [-0.25, -0.2) is 9.07 Å². The molecule has 1 atom stereocenters. The lowest BCUT2D eigenvalue weighted by atomic mass is 10.1. The second kappa shape index (κ2) is 11.8. The minimum absolute atomic E-state index is 0.215. The summed E-state index contributed by atoms with van der Waals surface area (Å²) in [4.78, 5) is 2.23. The van der Waals surface area contributed by atoms with Gasteiger partial charge in [0.15, 0.2) is 0 Å². The molecular weight excluding hydrogens is 417 g/mol. The van der Waals surface area contributed by atoms with Crippen molar-refractivity contribution in [1.29, 1.82) is 0 Å². The quantitative estimate of drug-likeness (QED) is 0.348. The van der Waals surface area contributed by atoms with Crippen LogP contribution in [0, 0.1) is 5.82 Å². The lowest BCUT2D eigenvalue weighted by molar-refractivity contribution is 0.0849. The lowest BCUT2D eigenvalue weighted by Gasteiger charge is -2.29. The summed E-state index contributed by atoms with van der Waals surface area (Å²) in [5.74, 6) is 1.01. The highest BCUT2D eigenvalue weighted by molar-refractivity contribution is 5.44. The van der Waals surface area contributed by atoms with E-state index in [4.69, 9.17) is 9.84 Å². The Morgan fingerprint density at radius 2 is 1.85 bits per heavy atom. The van der Waals surface area contributed by atoms with Gasteiger partial charge in [0, 0.05) is 19.1 Å². The van der Waals surface area contributed by atoms with E-state index < -0.39 is 6.10 Å². The van der Waals surface area contributed by atoms with E-state index in [2.05, 4.69) is 32.3 Å². The normalized spacial score (nSPS) is 12.3. The van der Waals surface area contributed by atoms with E-state index in [-0.39, 0.29) is 11.9 Å². The molecule has 0 bridgehead atoms. The zero-order valence-corrected chi connectivity index (χ0v) is 19.7. The van der Waals surface area contributed by atoms with Crippen LogP contribution in [0.4, 0.5) is 4.39 Å². The number of ether oxygens (including phenoxy) is 1. The number of hydrogen-bond donors (Lipinski definition) is 1. The van der Waals surface area contributed by atoms with Gasteiger partial charge in [-0.05, 0) is 69.5 Å². The van der Waals surface area contributed by atoms with Crippen LogP contribution in [0.3, 0.4) is 0 Å². The van der Waals surface area contributed by atoms with Crippen LogP contribution in [0.2, 0.25) is 0 Å². The third-order valence-corrected chi connectivity index (χ3v) is 5.62. The first-order valence-electron chi connectivity index (χ1n) is 11.6. The Balaban J connectivity index is 2.02. The lowest BCUT2D eigenvalue weighted by Crippen LogP contribution is -2.37. The van der Waals surface area contributed by atoms with Crippen LogP contribution >= 0.6 is 0 Å². The summed E-state index contributed by atoms with van der Waals surface area (Å²) in [5, 5.41) is 15.4. The van der Waals surface area contributed by atoms with E-state index in [0.29, 0.717) is 31.1 Å². The molecule has 0 aliphatic heterocycles. The van der Waals surface area contributed by atoms with Crippen LogP contribution in [0.1, 0.15) is 44.9 Å². The first-order chi connectivity index (χ1) is 15.9. The predicted molar refractivity (Wildman–Crippen MR) is 130 cm³/mol. The van der Waals surface area contributed by atoms with Gasteiger partial charge in [0.05, 0.1) is 23.0 Å². The molecule has 3 rings (SSSR count). The standard InChI is InChI=1S/C27H34FN3O2/c1-5-7-11-23(32)18-30(20(3)4)19-25-26(6-2)29-31(22-16-14-21(28)15-17-22)27(25)33-24-12-9-8-10-13-24/h5,8-10,12-17,20,23,32H,1,6-7,11,18-19H2,2-4H3/t23-/m0/s1. The van der Waals surface area contributed by atoms with E-state index in [1.807, 2.05) is 36.4 Å². The van der Waals surface area contributed by atoms with Crippen molar-refractivity contribution in [2.24, 2.45) is 0 Å². The molecular formula is C27H34FN3O2. The Bertz CT molecular complexity index is 1020. The molecule has 33 heavy (non-hydrogen) atoms. The van der Waals surface area contributed by atoms with Crippen molar-refractivity contribution >= 4 is 0 Å². The molecule has 0 aliphatic rings. The average molecular weight is 452 g/mol. The molecule has 0 unspecified atom stereocenters. The van der Waals surface area contributed by atoms with Crippen molar-refractivity contribution in [2.45, 2.75) is 58.7 Å². The Labute approximate surface area is 196 Å². The van der Waals surface area contributed by atoms with E-state index in [1.165, 1.54) is 12.1 Å². The number of allylic oxidation sites excluding steroid dienone is 1. The fourth-order valence-corrected chi connectivity index (χ4v) is 3.72. The molecule has 176 valence electrons. The number of para-hydroxylation sites is 1. The summed E-state index contributed by atoms with van der Waals surface area (Å²) >= 11 is 0. The van der Waals surface area contributed by atoms with Gasteiger partial charge in [-0.15, -0.1) is 6.58 Å². The molecule has 1 heterocycles. The van der Waals surface area contributed by atoms with Crippen LogP contribution in [0.25, 0.3) is 5.69 Å². The molecule has 1 N–H and O–H groups in total. The molecule has 0 radical (unpaired) electrons. The predicted octanol–water partition coefficient (Wildman–Crippen LogP) is 5.90. The van der Waals surface area contributed by atoms with Gasteiger partial charge in [-0.2, -0.15) is 5.10 Å². The van der Waals surface area contributed by atoms with Crippen LogP contribution in [0.15, 0.2) is 67.3 Å². The Kier molecular flexibility index (Phi) is 8.80. The molecule has 6 heteroatoms. The minimum Gasteiger partial charge on any atom is -0.439 e. The van der Waals surface area contributed by atoms with E-state index >= 15 is 0 Å². The molecule has 0 saturated carbocycles. The van der Waals surface area contributed by atoms with Gasteiger partial charge in [-0.1, -0.05) is 31.2 Å². The van der Waals surface area contributed by atoms with Crippen LogP contribution < -0.4 is 4.74 Å². The molecule has 3 aromatic rings. The zero-order chi connectivity index (χ0) is 23.8. The summed E-state index contributed by atoms with van der Waals surface area (Å²) in [6.45, 7) is 11.2. The summed E-state index contributed by atoms with van der Waals surface area (Å²) < 4.78 is 21.7. The monoisotopic (exact) mass is 451 g/mol. The SMILES string of the molecule is C=CCC[C@H](O)CN(Cc1c(CC)nn(-c2ccc(F)cc2)c1Oc1ccccc1)C(C)C. The maximum absolute atomic E-state index is 13.6. The van der Waals surface area contributed by atoms with Gasteiger partial charge in [-0.3, -0.25) is 4.90 Å². The van der Waals surface area contributed by atoms with Gasteiger partial charge < -0.3 is 9.84 Å². The number of aliphatic hydroxyl groups excluding tert-OH is 1. The highest BCUT2D eigenvalue weighted by Crippen LogP contribution is 2.32. The number of halogens is 1. The summed E-state index contributed by atoms with van der Waals surface area (Å²) in [6.07, 6.45) is 3.56. The van der Waals surface area contributed by atoms with Gasteiger partial charge in [0.25, 0.3) is 0 Å². The Morgan fingerprint density at radius 3 is 2.45 bits per heavy atom. The highest BCUT2D eigenvalue weighted by Gasteiger charge is 2.24. The average Bonchev–Trinajstić information content (AvgIpc) is 3.15. The number of aliphatic hydroxyl groups is 1. The topological polar surface area (TPSA) is 50.5 Å². The molecule has 1 aromatic heterocycles. The minimum atomic E-state index is -0.443. The van der Waals surface area contributed by atoms with Crippen LogP contribution in [-0.4, -0.2) is 38.5 Å². The second-order valence-electron chi connectivity index (χ2n) is 8.43. The molecule has 0 saturated heterocycles. The fourth-order valence-electron chi connectivity index (χ4n) is 3.72. The van der Waals surface area contributed by atoms with Crippen LogP contribution in [-0.2, 0) is 13.0 Å². The smallest absolute Gasteiger partial charge is 0.227 e. The molecule has 2 aromatic carbocycles. The van der Waals surface area contributed by atoms with E-state index in [9.17, 15) is 9.50 Å². The number of aryl methyl sites for hydroxylation is 1. The summed E-state index contributed by atoms with van der Waals surface area (Å²) in [5.41, 5.74) is 2.61. The van der Waals surface area contributed by atoms with Crippen molar-refractivity contribution in [3.63, 3.8) is 0 Å². The van der Waals surface area contributed by atoms with Gasteiger partial charge >= 0.3 is 0 Å². The van der Waals surface area contributed by atoms with Gasteiger partial charge in [0.2, 0.25) is 5.88 Å². The fraction of sp³-hybridized carbons (Fsp3) is 0.370.